The van der Waals surface area contributed by atoms with Crippen molar-refractivity contribution in [2.24, 2.45) is 0 Å². The minimum absolute atomic E-state index is 0.136. The normalized spacial score (nSPS) is 10.9. The van der Waals surface area contributed by atoms with Crippen LogP contribution in [-0.2, 0) is 17.6 Å². The molecule has 0 aliphatic rings. The number of thiazole rings is 1. The van der Waals surface area contributed by atoms with E-state index in [1.165, 1.54) is 11.3 Å². The molecule has 2 aromatic heterocycles. The number of nitrogens with one attached hydrogen (secondary N) is 1. The van der Waals surface area contributed by atoms with Crippen LogP contribution in [0, 0.1) is 13.8 Å². The zero-order valence-corrected chi connectivity index (χ0v) is 19.6. The first kappa shape index (κ1) is 22.0. The number of hydrogen-bond donors (Lipinski definition) is 1. The maximum absolute atomic E-state index is 12.5. The zero-order valence-electron chi connectivity index (χ0n) is 18.1. The lowest BCUT2D eigenvalue weighted by Crippen LogP contribution is -2.14. The van der Waals surface area contributed by atoms with Crippen LogP contribution in [0.3, 0.4) is 0 Å². The fraction of sp³-hybridized carbons (Fsp3) is 0.208. The minimum Gasteiger partial charge on any atom is -0.497 e. The molecule has 1 amide bonds. The Labute approximate surface area is 195 Å². The van der Waals surface area contributed by atoms with Crippen LogP contribution in [0.5, 0.6) is 5.75 Å². The van der Waals surface area contributed by atoms with E-state index >= 15 is 0 Å². The van der Waals surface area contributed by atoms with Crippen molar-refractivity contribution in [2.75, 3.05) is 12.4 Å². The Bertz CT molecular complexity index is 1260. The second-order valence-corrected chi connectivity index (χ2v) is 8.65. The highest BCUT2D eigenvalue weighted by Gasteiger charge is 2.17. The van der Waals surface area contributed by atoms with Crippen LogP contribution in [0.4, 0.5) is 5.69 Å². The molecule has 0 aliphatic heterocycles. The van der Waals surface area contributed by atoms with Gasteiger partial charge < -0.3 is 10.1 Å². The zero-order chi connectivity index (χ0) is 22.7. The van der Waals surface area contributed by atoms with Crippen LogP contribution < -0.4 is 10.1 Å². The van der Waals surface area contributed by atoms with Gasteiger partial charge in [0, 0.05) is 39.8 Å². The number of carbonyl (C=O) groups excluding carboxylic acids is 1. The van der Waals surface area contributed by atoms with Crippen molar-refractivity contribution in [2.45, 2.75) is 26.7 Å². The third-order valence-corrected chi connectivity index (χ3v) is 6.42. The fourth-order valence-corrected chi connectivity index (χ4v) is 4.52. The first-order chi connectivity index (χ1) is 15.4. The first-order valence-electron chi connectivity index (χ1n) is 10.1. The summed E-state index contributed by atoms with van der Waals surface area (Å²) in [5.74, 6) is 0.554. The van der Waals surface area contributed by atoms with Crippen molar-refractivity contribution in [3.8, 4) is 10.9 Å². The van der Waals surface area contributed by atoms with E-state index < -0.39 is 0 Å². The average molecular weight is 467 g/mol. The van der Waals surface area contributed by atoms with Gasteiger partial charge in [-0.25, -0.2) is 9.67 Å². The summed E-state index contributed by atoms with van der Waals surface area (Å²) in [5.41, 5.74) is 5.54. The van der Waals surface area contributed by atoms with E-state index in [-0.39, 0.29) is 12.3 Å². The number of nitrogens with zero attached hydrogens (tertiary/aromatic N) is 3. The maximum Gasteiger partial charge on any atom is 0.230 e. The predicted molar refractivity (Wildman–Crippen MR) is 128 cm³/mol. The van der Waals surface area contributed by atoms with Gasteiger partial charge in [0.15, 0.2) is 0 Å². The number of benzene rings is 2. The Balaban J connectivity index is 1.48. The second-order valence-electron chi connectivity index (χ2n) is 7.41. The summed E-state index contributed by atoms with van der Waals surface area (Å²) in [5, 5.41) is 11.0. The van der Waals surface area contributed by atoms with Crippen molar-refractivity contribution in [1.29, 1.82) is 0 Å². The molecular formula is C24H23ClN4O2S. The summed E-state index contributed by atoms with van der Waals surface area (Å²) >= 11 is 7.81. The van der Waals surface area contributed by atoms with Gasteiger partial charge in [-0.05, 0) is 37.6 Å². The van der Waals surface area contributed by atoms with E-state index in [1.807, 2.05) is 66.4 Å². The predicted octanol–water partition coefficient (Wildman–Crippen LogP) is 5.38. The molecule has 0 aliphatic carbocycles. The smallest absolute Gasteiger partial charge is 0.230 e. The molecule has 0 bridgehead atoms. The molecule has 2 aromatic carbocycles. The van der Waals surface area contributed by atoms with Crippen molar-refractivity contribution >= 4 is 34.5 Å². The molecule has 164 valence electrons. The average Bonchev–Trinajstić information content (AvgIpc) is 3.34. The van der Waals surface area contributed by atoms with E-state index in [0.29, 0.717) is 23.6 Å². The van der Waals surface area contributed by atoms with Gasteiger partial charge >= 0.3 is 0 Å². The Morgan fingerprint density at radius 2 is 2.00 bits per heavy atom. The van der Waals surface area contributed by atoms with Gasteiger partial charge in [-0.3, -0.25) is 4.79 Å². The molecule has 0 radical (unpaired) electrons. The molecule has 0 unspecified atom stereocenters. The number of methoxy groups -OCH3 is 1. The van der Waals surface area contributed by atoms with Gasteiger partial charge in [-0.15, -0.1) is 11.3 Å². The molecule has 2 heterocycles. The van der Waals surface area contributed by atoms with Gasteiger partial charge in [0.05, 0.1) is 24.9 Å². The topological polar surface area (TPSA) is 69.0 Å². The van der Waals surface area contributed by atoms with E-state index in [2.05, 4.69) is 10.3 Å². The highest BCUT2D eigenvalue weighted by atomic mass is 35.5. The number of halogens is 1. The third kappa shape index (κ3) is 4.84. The number of carbonyl (C=O) groups is 1. The van der Waals surface area contributed by atoms with Crippen molar-refractivity contribution in [1.82, 2.24) is 14.8 Å². The number of hydrogen-bond acceptors (Lipinski definition) is 5. The lowest BCUT2D eigenvalue weighted by Gasteiger charge is -2.06. The highest BCUT2D eigenvalue weighted by molar-refractivity contribution is 7.12. The van der Waals surface area contributed by atoms with Crippen molar-refractivity contribution in [3.63, 3.8) is 0 Å². The first-order valence-corrected chi connectivity index (χ1v) is 11.4. The third-order valence-electron chi connectivity index (χ3n) is 5.18. The van der Waals surface area contributed by atoms with Gasteiger partial charge in [-0.2, -0.15) is 5.10 Å². The minimum atomic E-state index is -0.136. The van der Waals surface area contributed by atoms with Crippen LogP contribution in [0.2, 0.25) is 5.02 Å². The van der Waals surface area contributed by atoms with Gasteiger partial charge in [0.25, 0.3) is 0 Å². The number of amides is 1. The summed E-state index contributed by atoms with van der Waals surface area (Å²) in [4.78, 5) is 17.1. The lowest BCUT2D eigenvalue weighted by molar-refractivity contribution is -0.115. The Hall–Kier alpha value is -3.16. The lowest BCUT2D eigenvalue weighted by atomic mass is 10.0. The summed E-state index contributed by atoms with van der Waals surface area (Å²) < 4.78 is 7.04. The molecule has 0 spiro atoms. The largest absolute Gasteiger partial charge is 0.497 e. The standard InChI is InChI=1S/C24H23ClN4O2S/c1-15-21(11-17-7-4-5-10-22(17)25)16(2)29(28-15)24-27-19(14-32-24)13-23(30)26-18-8-6-9-20(12-18)31-3/h4-10,12,14H,11,13H2,1-3H3,(H,26,30). The van der Waals surface area contributed by atoms with E-state index in [0.717, 1.165) is 32.7 Å². The molecule has 4 rings (SSSR count). The van der Waals surface area contributed by atoms with Crippen LogP contribution in [0.1, 0.15) is 28.2 Å². The van der Waals surface area contributed by atoms with Crippen LogP contribution in [-0.4, -0.2) is 27.8 Å². The number of anilines is 1. The Kier molecular flexibility index (Phi) is 6.58. The van der Waals surface area contributed by atoms with Crippen LogP contribution >= 0.6 is 22.9 Å². The second kappa shape index (κ2) is 9.54. The molecule has 0 atom stereocenters. The van der Waals surface area contributed by atoms with Crippen molar-refractivity contribution < 1.29 is 9.53 Å². The van der Waals surface area contributed by atoms with E-state index in [1.54, 1.807) is 13.2 Å². The summed E-state index contributed by atoms with van der Waals surface area (Å²) in [6.45, 7) is 4.02. The Morgan fingerprint density at radius 3 is 2.78 bits per heavy atom. The molecule has 8 heteroatoms. The molecule has 0 saturated carbocycles. The Morgan fingerprint density at radius 1 is 1.19 bits per heavy atom. The molecule has 6 nitrogen and oxygen atoms in total. The monoisotopic (exact) mass is 466 g/mol. The molecule has 0 saturated heterocycles. The van der Waals surface area contributed by atoms with Gasteiger partial charge in [0.2, 0.25) is 11.0 Å². The van der Waals surface area contributed by atoms with Gasteiger partial charge in [0.1, 0.15) is 5.75 Å². The fourth-order valence-electron chi connectivity index (χ4n) is 3.49. The van der Waals surface area contributed by atoms with E-state index in [9.17, 15) is 4.79 Å². The summed E-state index contributed by atoms with van der Waals surface area (Å²) in [6.07, 6.45) is 0.887. The summed E-state index contributed by atoms with van der Waals surface area (Å²) in [6, 6.07) is 15.1. The molecule has 1 N–H and O–H groups in total. The summed E-state index contributed by atoms with van der Waals surface area (Å²) in [7, 11) is 1.59. The SMILES string of the molecule is COc1cccc(NC(=O)Cc2csc(-n3nc(C)c(Cc4ccccc4Cl)c3C)n2)c1. The van der Waals surface area contributed by atoms with E-state index in [4.69, 9.17) is 21.4 Å². The van der Waals surface area contributed by atoms with Crippen LogP contribution in [0.25, 0.3) is 5.13 Å². The maximum atomic E-state index is 12.5. The number of rotatable bonds is 7. The molecule has 0 fully saturated rings. The van der Waals surface area contributed by atoms with Crippen molar-refractivity contribution in [3.05, 3.63) is 87.1 Å². The van der Waals surface area contributed by atoms with Crippen LogP contribution in [0.15, 0.2) is 53.9 Å². The highest BCUT2D eigenvalue weighted by Crippen LogP contribution is 2.26. The number of aromatic nitrogens is 3. The molecule has 32 heavy (non-hydrogen) atoms. The van der Waals surface area contributed by atoms with Gasteiger partial charge in [-0.1, -0.05) is 35.9 Å². The molecule has 4 aromatic rings. The number of ether oxygens (including phenoxy) is 1. The quantitative estimate of drug-likeness (QED) is 0.397. The number of aryl methyl sites for hydroxylation is 1. The molecular weight excluding hydrogens is 444 g/mol.